The molecular weight excluding hydrogens is 376 g/mol. The summed E-state index contributed by atoms with van der Waals surface area (Å²) < 4.78 is 5.74. The zero-order chi connectivity index (χ0) is 19.9. The van der Waals surface area contributed by atoms with E-state index in [2.05, 4.69) is 6.07 Å². The van der Waals surface area contributed by atoms with Crippen LogP contribution in [0.4, 0.5) is 5.69 Å². The maximum absolute atomic E-state index is 10.9. The van der Waals surface area contributed by atoms with E-state index >= 15 is 0 Å². The van der Waals surface area contributed by atoms with E-state index in [-0.39, 0.29) is 5.69 Å². The number of allylic oxidation sites excluding steroid dienone is 1. The highest BCUT2D eigenvalue weighted by atomic mass is 35.5. The van der Waals surface area contributed by atoms with Crippen molar-refractivity contribution in [2.75, 3.05) is 0 Å². The van der Waals surface area contributed by atoms with Gasteiger partial charge >= 0.3 is 0 Å². The van der Waals surface area contributed by atoms with Gasteiger partial charge in [0.05, 0.1) is 16.6 Å². The number of hydrogen-bond acceptors (Lipinski definition) is 4. The molecule has 0 saturated heterocycles. The Bertz CT molecular complexity index is 1050. The van der Waals surface area contributed by atoms with Crippen LogP contribution in [0.1, 0.15) is 16.7 Å². The largest absolute Gasteiger partial charge is 0.489 e. The molecule has 0 amide bonds. The fourth-order valence-corrected chi connectivity index (χ4v) is 2.67. The van der Waals surface area contributed by atoms with Crippen molar-refractivity contribution in [3.05, 3.63) is 105 Å². The minimum absolute atomic E-state index is 0.0513. The molecule has 3 aromatic rings. The van der Waals surface area contributed by atoms with Gasteiger partial charge in [-0.3, -0.25) is 10.1 Å². The second-order valence-electron chi connectivity index (χ2n) is 5.96. The van der Waals surface area contributed by atoms with Crippen LogP contribution in [0.25, 0.3) is 11.6 Å². The summed E-state index contributed by atoms with van der Waals surface area (Å²) in [6, 6.07) is 22.8. The number of nitriles is 1. The molecule has 0 aliphatic heterocycles. The highest BCUT2D eigenvalue weighted by Crippen LogP contribution is 2.23. The maximum atomic E-state index is 10.9. The van der Waals surface area contributed by atoms with Gasteiger partial charge in [-0.05, 0) is 47.0 Å². The SMILES string of the molecule is N#C/C(=C/c1ccc(OCc2ccc(Cl)cc2)cc1)c1cccc([N+](=O)[O-])c1. The lowest BCUT2D eigenvalue weighted by molar-refractivity contribution is -0.384. The summed E-state index contributed by atoms with van der Waals surface area (Å²) in [5.74, 6) is 0.695. The van der Waals surface area contributed by atoms with Gasteiger partial charge in [-0.25, -0.2) is 0 Å². The zero-order valence-corrected chi connectivity index (χ0v) is 15.5. The average Bonchev–Trinajstić information content (AvgIpc) is 2.72. The van der Waals surface area contributed by atoms with Crippen LogP contribution in [0.15, 0.2) is 72.8 Å². The van der Waals surface area contributed by atoms with Crippen molar-refractivity contribution in [3.8, 4) is 11.8 Å². The Hall–Kier alpha value is -3.62. The molecule has 0 N–H and O–H groups in total. The quantitative estimate of drug-likeness (QED) is 0.227. The predicted octanol–water partition coefficient (Wildman–Crippen LogP) is 5.89. The van der Waals surface area contributed by atoms with Gasteiger partial charge in [0.25, 0.3) is 5.69 Å². The minimum Gasteiger partial charge on any atom is -0.489 e. The highest BCUT2D eigenvalue weighted by molar-refractivity contribution is 6.30. The van der Waals surface area contributed by atoms with E-state index < -0.39 is 4.92 Å². The number of rotatable bonds is 6. The van der Waals surface area contributed by atoms with Crippen LogP contribution >= 0.6 is 11.6 Å². The molecule has 0 aromatic heterocycles. The molecule has 0 heterocycles. The molecule has 0 unspecified atom stereocenters. The lowest BCUT2D eigenvalue weighted by atomic mass is 10.0. The van der Waals surface area contributed by atoms with Crippen molar-refractivity contribution in [2.45, 2.75) is 6.61 Å². The second kappa shape index (κ2) is 8.85. The number of halogens is 1. The molecule has 0 fully saturated rings. The molecule has 0 atom stereocenters. The minimum atomic E-state index is -0.481. The van der Waals surface area contributed by atoms with Crippen molar-refractivity contribution in [1.82, 2.24) is 0 Å². The summed E-state index contributed by atoms with van der Waals surface area (Å²) >= 11 is 5.87. The van der Waals surface area contributed by atoms with Gasteiger partial charge in [-0.2, -0.15) is 5.26 Å². The predicted molar refractivity (Wildman–Crippen MR) is 109 cm³/mol. The summed E-state index contributed by atoms with van der Waals surface area (Å²) in [6.45, 7) is 0.420. The molecule has 3 rings (SSSR count). The molecule has 0 bridgehead atoms. The Morgan fingerprint density at radius 2 is 1.82 bits per heavy atom. The fourth-order valence-electron chi connectivity index (χ4n) is 2.54. The van der Waals surface area contributed by atoms with Gasteiger partial charge in [-0.1, -0.05) is 48.0 Å². The van der Waals surface area contributed by atoms with Crippen molar-refractivity contribution >= 4 is 28.9 Å². The monoisotopic (exact) mass is 390 g/mol. The van der Waals surface area contributed by atoms with Crippen LogP contribution in [-0.4, -0.2) is 4.92 Å². The van der Waals surface area contributed by atoms with Crippen molar-refractivity contribution in [1.29, 1.82) is 5.26 Å². The Morgan fingerprint density at radius 3 is 2.46 bits per heavy atom. The first-order valence-corrected chi connectivity index (χ1v) is 8.77. The third-order valence-electron chi connectivity index (χ3n) is 4.00. The van der Waals surface area contributed by atoms with E-state index in [1.165, 1.54) is 12.1 Å². The van der Waals surface area contributed by atoms with Gasteiger partial charge < -0.3 is 4.74 Å². The number of hydrogen-bond donors (Lipinski definition) is 0. The second-order valence-corrected chi connectivity index (χ2v) is 6.40. The molecule has 0 aliphatic rings. The summed E-state index contributed by atoms with van der Waals surface area (Å²) in [7, 11) is 0. The van der Waals surface area contributed by atoms with Crippen LogP contribution < -0.4 is 4.74 Å². The van der Waals surface area contributed by atoms with Crippen molar-refractivity contribution in [3.63, 3.8) is 0 Å². The molecule has 0 saturated carbocycles. The van der Waals surface area contributed by atoms with E-state index in [1.54, 1.807) is 18.2 Å². The lowest BCUT2D eigenvalue weighted by Gasteiger charge is -2.07. The van der Waals surface area contributed by atoms with E-state index in [9.17, 15) is 15.4 Å². The first-order chi connectivity index (χ1) is 13.5. The van der Waals surface area contributed by atoms with Gasteiger partial charge in [0.1, 0.15) is 12.4 Å². The Morgan fingerprint density at radius 1 is 1.11 bits per heavy atom. The summed E-state index contributed by atoms with van der Waals surface area (Å²) in [4.78, 5) is 10.4. The topological polar surface area (TPSA) is 76.2 Å². The van der Waals surface area contributed by atoms with Gasteiger partial charge in [0, 0.05) is 17.2 Å². The molecule has 0 aliphatic carbocycles. The average molecular weight is 391 g/mol. The smallest absolute Gasteiger partial charge is 0.270 e. The Kier molecular flexibility index (Phi) is 6.05. The molecule has 6 heteroatoms. The van der Waals surface area contributed by atoms with Gasteiger partial charge in [0.15, 0.2) is 0 Å². The van der Waals surface area contributed by atoms with E-state index in [0.717, 1.165) is 11.1 Å². The van der Waals surface area contributed by atoms with Crippen molar-refractivity contribution < 1.29 is 9.66 Å². The van der Waals surface area contributed by atoms with Gasteiger partial charge in [0.2, 0.25) is 0 Å². The number of non-ortho nitro benzene ring substituents is 1. The standard InChI is InChI=1S/C22H15ClN2O3/c23-20-8-4-17(5-9-20)15-28-22-10-6-16(7-11-22)12-19(14-24)18-2-1-3-21(13-18)25(26)27/h1-13H,15H2/b19-12-. The Labute approximate surface area is 167 Å². The van der Waals surface area contributed by atoms with Gasteiger partial charge in [-0.15, -0.1) is 0 Å². The first kappa shape index (κ1) is 19.2. The first-order valence-electron chi connectivity index (χ1n) is 8.39. The maximum Gasteiger partial charge on any atom is 0.270 e. The summed E-state index contributed by atoms with van der Waals surface area (Å²) in [5.41, 5.74) is 2.59. The van der Waals surface area contributed by atoms with Crippen LogP contribution in [-0.2, 0) is 6.61 Å². The van der Waals surface area contributed by atoms with Crippen LogP contribution in [0.3, 0.4) is 0 Å². The molecule has 138 valence electrons. The number of ether oxygens (including phenoxy) is 1. The summed E-state index contributed by atoms with van der Waals surface area (Å²) in [5, 5.41) is 21.0. The zero-order valence-electron chi connectivity index (χ0n) is 14.7. The molecule has 28 heavy (non-hydrogen) atoms. The lowest BCUT2D eigenvalue weighted by Crippen LogP contribution is -1.94. The molecule has 5 nitrogen and oxygen atoms in total. The number of nitrogens with zero attached hydrogens (tertiary/aromatic N) is 2. The Balaban J connectivity index is 1.73. The van der Waals surface area contributed by atoms with Crippen LogP contribution in [0.5, 0.6) is 5.75 Å². The third-order valence-corrected chi connectivity index (χ3v) is 4.25. The molecular formula is C22H15ClN2O3. The van der Waals surface area contributed by atoms with Crippen LogP contribution in [0, 0.1) is 21.4 Å². The molecule has 0 radical (unpaired) electrons. The van der Waals surface area contributed by atoms with E-state index in [0.29, 0.717) is 28.5 Å². The van der Waals surface area contributed by atoms with Crippen LogP contribution in [0.2, 0.25) is 5.02 Å². The van der Waals surface area contributed by atoms with E-state index in [4.69, 9.17) is 16.3 Å². The fraction of sp³-hybridized carbons (Fsp3) is 0.0455. The molecule has 0 spiro atoms. The number of benzene rings is 3. The van der Waals surface area contributed by atoms with E-state index in [1.807, 2.05) is 48.5 Å². The summed E-state index contributed by atoms with van der Waals surface area (Å²) in [6.07, 6.45) is 1.68. The number of nitro benzene ring substituents is 1. The third kappa shape index (κ3) is 4.97. The normalized spacial score (nSPS) is 10.9. The highest BCUT2D eigenvalue weighted by Gasteiger charge is 2.09. The molecule has 3 aromatic carbocycles. The van der Waals surface area contributed by atoms with Crippen molar-refractivity contribution in [2.24, 2.45) is 0 Å². The number of nitro groups is 1.